The number of piperazine rings is 1. The molecule has 6 nitrogen and oxygen atoms in total. The van der Waals surface area contributed by atoms with Crippen molar-refractivity contribution in [3.8, 4) is 0 Å². The predicted molar refractivity (Wildman–Crippen MR) is 82.9 cm³/mol. The van der Waals surface area contributed by atoms with Gasteiger partial charge in [-0.05, 0) is 30.0 Å². The van der Waals surface area contributed by atoms with Gasteiger partial charge in [-0.1, -0.05) is 6.07 Å². The third-order valence-electron chi connectivity index (χ3n) is 3.32. The van der Waals surface area contributed by atoms with Gasteiger partial charge in [-0.15, -0.1) is 0 Å². The van der Waals surface area contributed by atoms with Gasteiger partial charge in [0.1, 0.15) is 0 Å². The van der Waals surface area contributed by atoms with E-state index in [1.54, 1.807) is 0 Å². The highest BCUT2D eigenvalue weighted by molar-refractivity contribution is 8.00. The first-order valence-electron chi connectivity index (χ1n) is 7.03. The van der Waals surface area contributed by atoms with Crippen molar-refractivity contribution in [2.75, 3.05) is 38.6 Å². The summed E-state index contributed by atoms with van der Waals surface area (Å²) in [4.78, 5) is 26.5. The molecule has 3 amide bonds. The molecule has 2 rings (SSSR count). The van der Waals surface area contributed by atoms with Gasteiger partial charge in [0.25, 0.3) is 0 Å². The van der Waals surface area contributed by atoms with Crippen LogP contribution in [-0.4, -0.2) is 60.7 Å². The maximum absolute atomic E-state index is 12.4. The standard InChI is InChI=1S/C14H16F3N3O3S/c1-23-13(22)20-7-5-19(6-8-20)12(21)18-10-3-2-4-11(9-10)24-14(15,16)17/h2-4,9H,5-8H2,1H3,(H,18,21). The first kappa shape index (κ1) is 18.2. The lowest BCUT2D eigenvalue weighted by atomic mass is 10.3. The van der Waals surface area contributed by atoms with E-state index in [0.717, 1.165) is 0 Å². The van der Waals surface area contributed by atoms with Crippen molar-refractivity contribution in [1.82, 2.24) is 9.80 Å². The van der Waals surface area contributed by atoms with Crippen LogP contribution in [0.3, 0.4) is 0 Å². The lowest BCUT2D eigenvalue weighted by Crippen LogP contribution is -2.51. The molecule has 1 saturated heterocycles. The first-order valence-corrected chi connectivity index (χ1v) is 7.85. The van der Waals surface area contributed by atoms with Crippen molar-refractivity contribution in [3.63, 3.8) is 0 Å². The predicted octanol–water partition coefficient (Wildman–Crippen LogP) is 3.21. The fourth-order valence-electron chi connectivity index (χ4n) is 2.19. The first-order chi connectivity index (χ1) is 11.3. The molecule has 10 heteroatoms. The van der Waals surface area contributed by atoms with Gasteiger partial charge < -0.3 is 19.9 Å². The normalized spacial score (nSPS) is 15.2. The van der Waals surface area contributed by atoms with E-state index >= 15 is 0 Å². The van der Waals surface area contributed by atoms with Crippen molar-refractivity contribution >= 4 is 29.6 Å². The Morgan fingerprint density at radius 1 is 1.17 bits per heavy atom. The molecule has 1 aromatic rings. The summed E-state index contributed by atoms with van der Waals surface area (Å²) >= 11 is -0.239. The molecule has 0 bridgehead atoms. The van der Waals surface area contributed by atoms with Crippen LogP contribution in [0.4, 0.5) is 28.4 Å². The van der Waals surface area contributed by atoms with Gasteiger partial charge in [-0.3, -0.25) is 0 Å². The van der Waals surface area contributed by atoms with Crippen LogP contribution in [0.15, 0.2) is 29.2 Å². The number of anilines is 1. The molecule has 24 heavy (non-hydrogen) atoms. The summed E-state index contributed by atoms with van der Waals surface area (Å²) in [5.41, 5.74) is -4.10. The number of nitrogens with one attached hydrogen (secondary N) is 1. The van der Waals surface area contributed by atoms with E-state index in [2.05, 4.69) is 10.1 Å². The number of rotatable bonds is 2. The smallest absolute Gasteiger partial charge is 0.446 e. The highest BCUT2D eigenvalue weighted by Gasteiger charge is 2.29. The summed E-state index contributed by atoms with van der Waals surface area (Å²) in [6.45, 7) is 1.31. The zero-order valence-corrected chi connectivity index (χ0v) is 13.6. The summed E-state index contributed by atoms with van der Waals surface area (Å²) in [5, 5.41) is 2.57. The molecule has 0 saturated carbocycles. The molecule has 0 radical (unpaired) electrons. The lowest BCUT2D eigenvalue weighted by Gasteiger charge is -2.33. The molecule has 1 N–H and O–H groups in total. The van der Waals surface area contributed by atoms with Gasteiger partial charge in [-0.2, -0.15) is 13.2 Å². The van der Waals surface area contributed by atoms with Gasteiger partial charge in [0, 0.05) is 36.8 Å². The third-order valence-corrected chi connectivity index (χ3v) is 4.04. The number of carbonyl (C=O) groups is 2. The second kappa shape index (κ2) is 7.65. The Bertz CT molecular complexity index is 604. The third kappa shape index (κ3) is 5.22. The zero-order valence-electron chi connectivity index (χ0n) is 12.8. The Morgan fingerprint density at radius 3 is 2.38 bits per heavy atom. The number of thioether (sulfide) groups is 1. The van der Waals surface area contributed by atoms with Crippen molar-refractivity contribution in [1.29, 1.82) is 0 Å². The molecule has 1 aliphatic heterocycles. The van der Waals surface area contributed by atoms with Crippen molar-refractivity contribution < 1.29 is 27.5 Å². The van der Waals surface area contributed by atoms with E-state index < -0.39 is 17.6 Å². The number of hydrogen-bond acceptors (Lipinski definition) is 4. The minimum atomic E-state index is -4.38. The summed E-state index contributed by atoms with van der Waals surface area (Å²) in [7, 11) is 1.29. The largest absolute Gasteiger partial charge is 0.453 e. The number of benzene rings is 1. The highest BCUT2D eigenvalue weighted by Crippen LogP contribution is 2.37. The average Bonchev–Trinajstić information content (AvgIpc) is 2.53. The Hall–Kier alpha value is -2.10. The number of halogens is 3. The van der Waals surface area contributed by atoms with Crippen LogP contribution in [0.2, 0.25) is 0 Å². The van der Waals surface area contributed by atoms with E-state index in [1.807, 2.05) is 0 Å². The van der Waals surface area contributed by atoms with Crippen LogP contribution in [0.5, 0.6) is 0 Å². The van der Waals surface area contributed by atoms with E-state index in [0.29, 0.717) is 26.2 Å². The Labute approximate surface area is 140 Å². The second-order valence-corrected chi connectivity index (χ2v) is 6.09. The number of methoxy groups -OCH3 is 1. The number of urea groups is 1. The molecule has 0 spiro atoms. The molecule has 0 aromatic heterocycles. The minimum absolute atomic E-state index is 0.00388. The van der Waals surface area contributed by atoms with Crippen LogP contribution >= 0.6 is 11.8 Å². The molecule has 0 aliphatic carbocycles. The van der Waals surface area contributed by atoms with E-state index in [9.17, 15) is 22.8 Å². The number of nitrogens with zero attached hydrogens (tertiary/aromatic N) is 2. The monoisotopic (exact) mass is 363 g/mol. The van der Waals surface area contributed by atoms with Crippen LogP contribution in [0.25, 0.3) is 0 Å². The second-order valence-electron chi connectivity index (χ2n) is 4.95. The van der Waals surface area contributed by atoms with Crippen LogP contribution in [0.1, 0.15) is 0 Å². The van der Waals surface area contributed by atoms with E-state index in [1.165, 1.54) is 41.2 Å². The molecule has 1 aliphatic rings. The average molecular weight is 363 g/mol. The Balaban J connectivity index is 1.91. The van der Waals surface area contributed by atoms with E-state index in [4.69, 9.17) is 0 Å². The molecule has 0 unspecified atom stereocenters. The van der Waals surface area contributed by atoms with Crippen molar-refractivity contribution in [2.45, 2.75) is 10.4 Å². The van der Waals surface area contributed by atoms with Gasteiger partial charge in [0.05, 0.1) is 7.11 Å². The van der Waals surface area contributed by atoms with Gasteiger partial charge in [-0.25, -0.2) is 9.59 Å². The van der Waals surface area contributed by atoms with Crippen molar-refractivity contribution in [2.24, 2.45) is 0 Å². The number of amides is 3. The highest BCUT2D eigenvalue weighted by atomic mass is 32.2. The molecule has 132 valence electrons. The van der Waals surface area contributed by atoms with Crippen molar-refractivity contribution in [3.05, 3.63) is 24.3 Å². The molecular formula is C14H16F3N3O3S. The Kier molecular flexibility index (Phi) is 5.81. The summed E-state index contributed by atoms with van der Waals surface area (Å²) in [6.07, 6.45) is -0.452. The topological polar surface area (TPSA) is 61.9 Å². The molecule has 0 atom stereocenters. The van der Waals surface area contributed by atoms with Gasteiger partial charge in [0.15, 0.2) is 0 Å². The van der Waals surface area contributed by atoms with Gasteiger partial charge in [0.2, 0.25) is 0 Å². The van der Waals surface area contributed by atoms with E-state index in [-0.39, 0.29) is 22.3 Å². The van der Waals surface area contributed by atoms with Crippen LogP contribution in [-0.2, 0) is 4.74 Å². The summed E-state index contributed by atoms with van der Waals surface area (Å²) < 4.78 is 41.8. The quantitative estimate of drug-likeness (QED) is 0.820. The minimum Gasteiger partial charge on any atom is -0.453 e. The summed E-state index contributed by atoms with van der Waals surface area (Å²) in [6, 6.07) is 5.12. The molecular weight excluding hydrogens is 347 g/mol. The number of carbonyl (C=O) groups excluding carboxylic acids is 2. The van der Waals surface area contributed by atoms with Gasteiger partial charge >= 0.3 is 17.6 Å². The number of alkyl halides is 3. The fraction of sp³-hybridized carbons (Fsp3) is 0.429. The van der Waals surface area contributed by atoms with Crippen LogP contribution in [0, 0.1) is 0 Å². The number of ether oxygens (including phenoxy) is 1. The fourth-order valence-corrected chi connectivity index (χ4v) is 2.79. The zero-order chi connectivity index (χ0) is 17.7. The molecule has 1 fully saturated rings. The summed E-state index contributed by atoms with van der Waals surface area (Å²) in [5.74, 6) is 0. The SMILES string of the molecule is COC(=O)N1CCN(C(=O)Nc2cccc(SC(F)(F)F)c2)CC1. The molecule has 1 heterocycles. The number of hydrogen-bond donors (Lipinski definition) is 1. The van der Waals surface area contributed by atoms with Crippen LogP contribution < -0.4 is 5.32 Å². The molecule has 1 aromatic carbocycles. The maximum atomic E-state index is 12.4. The lowest BCUT2D eigenvalue weighted by molar-refractivity contribution is -0.0328. The maximum Gasteiger partial charge on any atom is 0.446 e. The Morgan fingerprint density at radius 2 is 1.79 bits per heavy atom.